The lowest BCUT2D eigenvalue weighted by molar-refractivity contribution is -0.146. The zero-order chi connectivity index (χ0) is 14.5. The first-order valence-corrected chi connectivity index (χ1v) is 5.81. The highest BCUT2D eigenvalue weighted by atomic mass is 19.1. The number of carboxylic acid groups (broad SMARTS) is 1. The summed E-state index contributed by atoms with van der Waals surface area (Å²) in [6, 6.07) is 5.29. The van der Waals surface area contributed by atoms with E-state index in [1.165, 1.54) is 26.0 Å². The Morgan fingerprint density at radius 2 is 1.79 bits per heavy atom. The summed E-state index contributed by atoms with van der Waals surface area (Å²) in [6.45, 7) is 3.32. The first kappa shape index (κ1) is 14.9. The van der Waals surface area contributed by atoms with E-state index in [2.05, 4.69) is 10.6 Å². The van der Waals surface area contributed by atoms with Gasteiger partial charge in [0.25, 0.3) is 0 Å². The second-order valence-corrected chi connectivity index (χ2v) is 4.85. The summed E-state index contributed by atoms with van der Waals surface area (Å²) in [4.78, 5) is 22.3. The first-order chi connectivity index (χ1) is 8.81. The van der Waals surface area contributed by atoms with Crippen molar-refractivity contribution in [2.75, 3.05) is 6.54 Å². The molecular formula is C13H17FN2O3. The number of carboxylic acids is 1. The van der Waals surface area contributed by atoms with Crippen molar-refractivity contribution >= 4 is 12.0 Å². The largest absolute Gasteiger partial charge is 0.481 e. The van der Waals surface area contributed by atoms with Crippen LogP contribution in [0.2, 0.25) is 0 Å². The first-order valence-electron chi connectivity index (χ1n) is 5.81. The number of hydrogen-bond donors (Lipinski definition) is 3. The molecule has 0 radical (unpaired) electrons. The van der Waals surface area contributed by atoms with Gasteiger partial charge in [0.1, 0.15) is 5.82 Å². The van der Waals surface area contributed by atoms with Gasteiger partial charge in [0.15, 0.2) is 0 Å². The molecule has 5 nitrogen and oxygen atoms in total. The van der Waals surface area contributed by atoms with Crippen molar-refractivity contribution in [2.45, 2.75) is 20.4 Å². The second kappa shape index (κ2) is 6.17. The topological polar surface area (TPSA) is 78.4 Å². The Labute approximate surface area is 110 Å². The lowest BCUT2D eigenvalue weighted by Crippen LogP contribution is -2.43. The maximum Gasteiger partial charge on any atom is 0.315 e. The highest BCUT2D eigenvalue weighted by Gasteiger charge is 2.27. The Bertz CT molecular complexity index is 457. The van der Waals surface area contributed by atoms with Crippen LogP contribution >= 0.6 is 0 Å². The van der Waals surface area contributed by atoms with Crippen LogP contribution in [0.4, 0.5) is 9.18 Å². The monoisotopic (exact) mass is 268 g/mol. The molecule has 0 atom stereocenters. The third-order valence-corrected chi connectivity index (χ3v) is 2.64. The average molecular weight is 268 g/mol. The molecular weight excluding hydrogens is 251 g/mol. The Balaban J connectivity index is 2.36. The van der Waals surface area contributed by atoms with Crippen LogP contribution in [0.1, 0.15) is 19.4 Å². The number of amides is 2. The molecule has 0 fully saturated rings. The van der Waals surface area contributed by atoms with Crippen molar-refractivity contribution in [3.05, 3.63) is 35.6 Å². The Morgan fingerprint density at radius 1 is 1.21 bits per heavy atom. The molecule has 0 saturated heterocycles. The molecule has 104 valence electrons. The maximum absolute atomic E-state index is 12.7. The summed E-state index contributed by atoms with van der Waals surface area (Å²) < 4.78 is 12.7. The van der Waals surface area contributed by atoms with Crippen molar-refractivity contribution in [3.8, 4) is 0 Å². The fourth-order valence-electron chi connectivity index (χ4n) is 1.22. The molecule has 0 aliphatic heterocycles. The van der Waals surface area contributed by atoms with E-state index in [1.54, 1.807) is 12.1 Å². The molecule has 0 saturated carbocycles. The maximum atomic E-state index is 12.7. The predicted molar refractivity (Wildman–Crippen MR) is 68.1 cm³/mol. The fraction of sp³-hybridized carbons (Fsp3) is 0.385. The van der Waals surface area contributed by atoms with Crippen LogP contribution in [0.5, 0.6) is 0 Å². The Hall–Kier alpha value is -2.11. The number of benzene rings is 1. The number of halogens is 1. The number of rotatable bonds is 5. The van der Waals surface area contributed by atoms with E-state index in [0.717, 1.165) is 5.56 Å². The predicted octanol–water partition coefficient (Wildman–Crippen LogP) is 1.74. The summed E-state index contributed by atoms with van der Waals surface area (Å²) in [7, 11) is 0. The summed E-state index contributed by atoms with van der Waals surface area (Å²) in [5.41, 5.74) is -0.262. The highest BCUT2D eigenvalue weighted by Crippen LogP contribution is 2.12. The molecule has 3 N–H and O–H groups in total. The second-order valence-electron chi connectivity index (χ2n) is 4.85. The van der Waals surface area contributed by atoms with Gasteiger partial charge in [0.05, 0.1) is 5.41 Å². The minimum absolute atomic E-state index is 0.0254. The lowest BCUT2D eigenvalue weighted by atomic mass is 9.94. The third-order valence-electron chi connectivity index (χ3n) is 2.64. The van der Waals surface area contributed by atoms with Crippen LogP contribution in [0.25, 0.3) is 0 Å². The zero-order valence-electron chi connectivity index (χ0n) is 10.9. The molecule has 2 amide bonds. The van der Waals surface area contributed by atoms with Gasteiger partial charge in [-0.15, -0.1) is 0 Å². The SMILES string of the molecule is CC(C)(CNC(=O)NCc1ccc(F)cc1)C(=O)O. The minimum atomic E-state index is -1.02. The number of urea groups is 1. The van der Waals surface area contributed by atoms with E-state index in [9.17, 15) is 14.0 Å². The number of hydrogen-bond acceptors (Lipinski definition) is 2. The number of aliphatic carboxylic acids is 1. The summed E-state index contributed by atoms with van der Waals surface area (Å²) in [6.07, 6.45) is 0. The Kier molecular flexibility index (Phi) is 4.86. The van der Waals surface area contributed by atoms with E-state index in [1.807, 2.05) is 0 Å². The molecule has 0 aliphatic rings. The molecule has 1 rings (SSSR count). The molecule has 6 heteroatoms. The number of nitrogens with one attached hydrogen (secondary N) is 2. The van der Waals surface area contributed by atoms with Crippen LogP contribution in [0.3, 0.4) is 0 Å². The minimum Gasteiger partial charge on any atom is -0.481 e. The van der Waals surface area contributed by atoms with Crippen LogP contribution in [0, 0.1) is 11.2 Å². The van der Waals surface area contributed by atoms with Gasteiger partial charge < -0.3 is 15.7 Å². The summed E-state index contributed by atoms with van der Waals surface area (Å²) in [5.74, 6) is -1.32. The Morgan fingerprint density at radius 3 is 2.32 bits per heavy atom. The molecule has 0 aromatic heterocycles. The van der Waals surface area contributed by atoms with E-state index in [0.29, 0.717) is 0 Å². The van der Waals surface area contributed by atoms with Gasteiger partial charge in [-0.05, 0) is 31.5 Å². The number of carbonyl (C=O) groups is 2. The molecule has 1 aromatic carbocycles. The average Bonchev–Trinajstić information content (AvgIpc) is 2.35. The molecule has 19 heavy (non-hydrogen) atoms. The van der Waals surface area contributed by atoms with Gasteiger partial charge in [0.2, 0.25) is 0 Å². The van der Waals surface area contributed by atoms with Crippen molar-refractivity contribution in [1.29, 1.82) is 0 Å². The summed E-state index contributed by atoms with van der Waals surface area (Å²) >= 11 is 0. The molecule has 0 heterocycles. The molecule has 0 spiro atoms. The zero-order valence-corrected chi connectivity index (χ0v) is 10.9. The van der Waals surface area contributed by atoms with E-state index >= 15 is 0 Å². The molecule has 1 aromatic rings. The van der Waals surface area contributed by atoms with Gasteiger partial charge in [0, 0.05) is 13.1 Å². The van der Waals surface area contributed by atoms with E-state index < -0.39 is 17.4 Å². The lowest BCUT2D eigenvalue weighted by Gasteiger charge is -2.19. The van der Waals surface area contributed by atoms with Crippen LogP contribution in [-0.4, -0.2) is 23.7 Å². The van der Waals surface area contributed by atoms with Crippen molar-refractivity contribution < 1.29 is 19.1 Å². The van der Waals surface area contributed by atoms with Crippen LogP contribution < -0.4 is 10.6 Å². The third kappa shape index (κ3) is 4.95. The summed E-state index contributed by atoms with van der Waals surface area (Å²) in [5, 5.41) is 13.9. The van der Waals surface area contributed by atoms with Gasteiger partial charge in [-0.25, -0.2) is 9.18 Å². The van der Waals surface area contributed by atoms with Crippen LogP contribution in [0.15, 0.2) is 24.3 Å². The molecule has 0 bridgehead atoms. The van der Waals surface area contributed by atoms with Crippen molar-refractivity contribution in [1.82, 2.24) is 10.6 Å². The van der Waals surface area contributed by atoms with E-state index in [4.69, 9.17) is 5.11 Å². The fourth-order valence-corrected chi connectivity index (χ4v) is 1.22. The van der Waals surface area contributed by atoms with Gasteiger partial charge in [-0.3, -0.25) is 4.79 Å². The van der Waals surface area contributed by atoms with Gasteiger partial charge >= 0.3 is 12.0 Å². The van der Waals surface area contributed by atoms with Crippen molar-refractivity contribution in [3.63, 3.8) is 0 Å². The van der Waals surface area contributed by atoms with Gasteiger partial charge in [-0.2, -0.15) is 0 Å². The molecule has 0 unspecified atom stereocenters. The van der Waals surface area contributed by atoms with Gasteiger partial charge in [-0.1, -0.05) is 12.1 Å². The smallest absolute Gasteiger partial charge is 0.315 e. The molecule has 0 aliphatic carbocycles. The number of carbonyl (C=O) groups excluding carboxylic acids is 1. The normalized spacial score (nSPS) is 10.9. The van der Waals surface area contributed by atoms with E-state index in [-0.39, 0.29) is 18.9 Å². The van der Waals surface area contributed by atoms with Crippen molar-refractivity contribution in [2.24, 2.45) is 5.41 Å². The highest BCUT2D eigenvalue weighted by molar-refractivity contribution is 5.77. The standard InChI is InChI=1S/C13H17FN2O3/c1-13(2,11(17)18)8-16-12(19)15-7-9-3-5-10(14)6-4-9/h3-6H,7-8H2,1-2H3,(H,17,18)(H2,15,16,19). The quantitative estimate of drug-likeness (QED) is 0.761. The van der Waals surface area contributed by atoms with Crippen LogP contribution in [-0.2, 0) is 11.3 Å².